The third-order valence-corrected chi connectivity index (χ3v) is 1.53. The van der Waals surface area contributed by atoms with Crippen LogP contribution in [0.25, 0.3) is 0 Å². The highest BCUT2D eigenvalue weighted by Gasteiger charge is 1.90. The highest BCUT2D eigenvalue weighted by Crippen LogP contribution is 2.08. The number of hydrogen-bond acceptors (Lipinski definition) is 1. The molecule has 1 aromatic rings. The van der Waals surface area contributed by atoms with Crippen LogP contribution in [-0.2, 0) is 11.3 Å². The fraction of sp³-hybridized carbons (Fsp3) is 0.125. The van der Waals surface area contributed by atoms with Gasteiger partial charge in [0.25, 0.3) is 0 Å². The largest absolute Gasteiger partial charge is 0.344 e. The SMILES string of the molecule is O=[C]NCc1ccc(Cl)cc1. The van der Waals surface area contributed by atoms with Crippen LogP contribution >= 0.6 is 11.6 Å². The van der Waals surface area contributed by atoms with E-state index in [0.717, 1.165) is 5.56 Å². The van der Waals surface area contributed by atoms with Gasteiger partial charge in [-0.05, 0) is 17.7 Å². The molecule has 1 amide bonds. The Hall–Kier alpha value is -1.02. The minimum Gasteiger partial charge on any atom is -0.344 e. The third kappa shape index (κ3) is 2.60. The summed E-state index contributed by atoms with van der Waals surface area (Å²) >= 11 is 5.65. The summed E-state index contributed by atoms with van der Waals surface area (Å²) in [6.07, 6.45) is 1.60. The quantitative estimate of drug-likeness (QED) is 0.681. The maximum Gasteiger partial charge on any atom is 0.309 e. The molecule has 0 spiro atoms. The number of nitrogens with one attached hydrogen (secondary N) is 1. The first-order valence-electron chi connectivity index (χ1n) is 3.17. The maximum absolute atomic E-state index is 9.78. The molecular formula is C8H7ClNO. The van der Waals surface area contributed by atoms with Gasteiger partial charge in [-0.15, -0.1) is 0 Å². The van der Waals surface area contributed by atoms with Gasteiger partial charge in [0, 0.05) is 11.6 Å². The fourth-order valence-corrected chi connectivity index (χ4v) is 0.866. The van der Waals surface area contributed by atoms with E-state index in [0.29, 0.717) is 11.6 Å². The summed E-state index contributed by atoms with van der Waals surface area (Å²) in [6.45, 7) is 0.501. The first-order valence-corrected chi connectivity index (χ1v) is 3.55. The van der Waals surface area contributed by atoms with E-state index >= 15 is 0 Å². The molecule has 2 nitrogen and oxygen atoms in total. The number of benzene rings is 1. The van der Waals surface area contributed by atoms with Gasteiger partial charge >= 0.3 is 6.41 Å². The Kier molecular flexibility index (Phi) is 2.93. The maximum atomic E-state index is 9.78. The zero-order valence-electron chi connectivity index (χ0n) is 5.80. The molecule has 1 aromatic carbocycles. The van der Waals surface area contributed by atoms with E-state index in [2.05, 4.69) is 5.32 Å². The van der Waals surface area contributed by atoms with Crippen LogP contribution in [0.5, 0.6) is 0 Å². The zero-order valence-corrected chi connectivity index (χ0v) is 6.56. The second kappa shape index (κ2) is 3.98. The number of amides is 1. The molecule has 0 aromatic heterocycles. The molecule has 1 radical (unpaired) electrons. The standard InChI is InChI=1S/C8H7ClNO/c9-8-3-1-7(2-4-8)5-10-6-11/h1-4H,5H2,(H,10,11). The van der Waals surface area contributed by atoms with E-state index in [4.69, 9.17) is 11.6 Å². The van der Waals surface area contributed by atoms with E-state index in [9.17, 15) is 4.79 Å². The summed E-state index contributed by atoms with van der Waals surface area (Å²) < 4.78 is 0. The lowest BCUT2D eigenvalue weighted by atomic mass is 10.2. The Balaban J connectivity index is 2.58. The molecule has 0 saturated heterocycles. The van der Waals surface area contributed by atoms with Crippen molar-refractivity contribution in [3.63, 3.8) is 0 Å². The molecule has 0 atom stereocenters. The Morgan fingerprint density at radius 1 is 1.36 bits per heavy atom. The Bertz CT molecular complexity index is 232. The Labute approximate surface area is 70.2 Å². The predicted molar refractivity (Wildman–Crippen MR) is 44.0 cm³/mol. The van der Waals surface area contributed by atoms with Crippen molar-refractivity contribution < 1.29 is 4.79 Å². The summed E-state index contributed by atoms with van der Waals surface area (Å²) in [7, 11) is 0. The molecular weight excluding hydrogens is 162 g/mol. The van der Waals surface area contributed by atoms with Crippen molar-refractivity contribution in [3.05, 3.63) is 34.9 Å². The minimum absolute atomic E-state index is 0.501. The second-order valence-electron chi connectivity index (χ2n) is 2.08. The molecule has 3 heteroatoms. The predicted octanol–water partition coefficient (Wildman–Crippen LogP) is 1.50. The number of carbonyl (C=O) groups excluding carboxylic acids is 1. The molecule has 0 fully saturated rings. The van der Waals surface area contributed by atoms with E-state index in [1.165, 1.54) is 0 Å². The van der Waals surface area contributed by atoms with Gasteiger partial charge in [-0.25, -0.2) is 0 Å². The first kappa shape index (κ1) is 8.08. The highest BCUT2D eigenvalue weighted by atomic mass is 35.5. The van der Waals surface area contributed by atoms with Gasteiger partial charge in [-0.1, -0.05) is 23.7 Å². The smallest absolute Gasteiger partial charge is 0.309 e. The summed E-state index contributed by atoms with van der Waals surface area (Å²) in [5.41, 5.74) is 1.01. The van der Waals surface area contributed by atoms with E-state index in [1.807, 2.05) is 12.1 Å². The third-order valence-electron chi connectivity index (χ3n) is 1.28. The van der Waals surface area contributed by atoms with E-state index in [-0.39, 0.29) is 0 Å². The summed E-state index contributed by atoms with van der Waals surface area (Å²) in [6, 6.07) is 7.27. The average molecular weight is 169 g/mol. The van der Waals surface area contributed by atoms with Crippen LogP contribution in [0, 0.1) is 0 Å². The van der Waals surface area contributed by atoms with Crippen molar-refractivity contribution >= 4 is 18.0 Å². The van der Waals surface area contributed by atoms with Crippen LogP contribution in [0.2, 0.25) is 5.02 Å². The number of rotatable bonds is 3. The molecule has 57 valence electrons. The Morgan fingerprint density at radius 3 is 2.55 bits per heavy atom. The topological polar surface area (TPSA) is 29.1 Å². The number of hydrogen-bond donors (Lipinski definition) is 1. The van der Waals surface area contributed by atoms with Crippen molar-refractivity contribution in [2.24, 2.45) is 0 Å². The van der Waals surface area contributed by atoms with Gasteiger partial charge in [-0.2, -0.15) is 0 Å². The molecule has 0 aliphatic heterocycles. The van der Waals surface area contributed by atoms with Crippen LogP contribution in [0.1, 0.15) is 5.56 Å². The molecule has 0 heterocycles. The molecule has 0 bridgehead atoms. The molecule has 1 rings (SSSR count). The van der Waals surface area contributed by atoms with Crippen LogP contribution in [0.4, 0.5) is 0 Å². The van der Waals surface area contributed by atoms with Crippen LogP contribution in [0.15, 0.2) is 24.3 Å². The molecule has 1 N–H and O–H groups in total. The minimum atomic E-state index is 0.501. The molecule has 0 aliphatic rings. The van der Waals surface area contributed by atoms with Crippen LogP contribution in [0.3, 0.4) is 0 Å². The van der Waals surface area contributed by atoms with Gasteiger partial charge in [0.15, 0.2) is 0 Å². The normalized spacial score (nSPS) is 9.18. The molecule has 0 saturated carbocycles. The second-order valence-corrected chi connectivity index (χ2v) is 2.52. The van der Waals surface area contributed by atoms with Gasteiger partial charge in [-0.3, -0.25) is 4.79 Å². The lowest BCUT2D eigenvalue weighted by molar-refractivity contribution is 0.542. The van der Waals surface area contributed by atoms with Crippen molar-refractivity contribution in [3.8, 4) is 0 Å². The van der Waals surface area contributed by atoms with Crippen molar-refractivity contribution in [1.29, 1.82) is 0 Å². The van der Waals surface area contributed by atoms with Gasteiger partial charge in [0.2, 0.25) is 0 Å². The molecule has 11 heavy (non-hydrogen) atoms. The molecule has 0 aliphatic carbocycles. The van der Waals surface area contributed by atoms with Crippen LogP contribution in [-0.4, -0.2) is 6.41 Å². The van der Waals surface area contributed by atoms with Crippen molar-refractivity contribution in [2.45, 2.75) is 6.54 Å². The van der Waals surface area contributed by atoms with E-state index < -0.39 is 0 Å². The van der Waals surface area contributed by atoms with Crippen LogP contribution < -0.4 is 5.32 Å². The molecule has 0 unspecified atom stereocenters. The van der Waals surface area contributed by atoms with Gasteiger partial charge in [0.1, 0.15) is 0 Å². The first-order chi connectivity index (χ1) is 5.33. The lowest BCUT2D eigenvalue weighted by Crippen LogP contribution is -2.09. The lowest BCUT2D eigenvalue weighted by Gasteiger charge is -1.97. The fourth-order valence-electron chi connectivity index (χ4n) is 0.740. The van der Waals surface area contributed by atoms with E-state index in [1.54, 1.807) is 18.5 Å². The monoisotopic (exact) mass is 168 g/mol. The van der Waals surface area contributed by atoms with Gasteiger partial charge < -0.3 is 5.32 Å². The average Bonchev–Trinajstić information content (AvgIpc) is 2.04. The zero-order chi connectivity index (χ0) is 8.10. The van der Waals surface area contributed by atoms with Crippen molar-refractivity contribution in [2.75, 3.05) is 0 Å². The summed E-state index contributed by atoms with van der Waals surface area (Å²) in [5, 5.41) is 3.13. The van der Waals surface area contributed by atoms with Gasteiger partial charge in [0.05, 0.1) is 0 Å². The summed E-state index contributed by atoms with van der Waals surface area (Å²) in [4.78, 5) is 9.78. The Morgan fingerprint density at radius 2 is 2.00 bits per heavy atom. The number of halogens is 1. The summed E-state index contributed by atoms with van der Waals surface area (Å²) in [5.74, 6) is 0. The highest BCUT2D eigenvalue weighted by molar-refractivity contribution is 6.30. The van der Waals surface area contributed by atoms with Crippen molar-refractivity contribution in [1.82, 2.24) is 5.32 Å².